The molecule has 0 saturated carbocycles. The van der Waals surface area contributed by atoms with Crippen LogP contribution in [0.15, 0.2) is 29.6 Å². The molecule has 0 unspecified atom stereocenters. The number of aryl methyl sites for hydroxylation is 1. The normalized spacial score (nSPS) is 16.1. The highest BCUT2D eigenvalue weighted by molar-refractivity contribution is 7.98. The summed E-state index contributed by atoms with van der Waals surface area (Å²) in [6.45, 7) is 4.95. The molecule has 0 spiro atoms. The molecule has 0 aromatic carbocycles. The van der Waals surface area contributed by atoms with Gasteiger partial charge in [0.1, 0.15) is 11.5 Å². The quantitative estimate of drug-likeness (QED) is 0.597. The van der Waals surface area contributed by atoms with E-state index >= 15 is 0 Å². The van der Waals surface area contributed by atoms with Crippen LogP contribution in [0.2, 0.25) is 0 Å². The zero-order valence-electron chi connectivity index (χ0n) is 14.6. The Morgan fingerprint density at radius 1 is 1.15 bits per heavy atom. The molecule has 1 aliphatic heterocycles. The molecule has 0 atom stereocenters. The van der Waals surface area contributed by atoms with Gasteiger partial charge in [0, 0.05) is 50.7 Å². The third kappa shape index (κ3) is 4.45. The van der Waals surface area contributed by atoms with E-state index in [-0.39, 0.29) is 12.1 Å². The van der Waals surface area contributed by atoms with Crippen LogP contribution in [-0.4, -0.2) is 52.3 Å². The highest BCUT2D eigenvalue weighted by atomic mass is 32.2. The molecule has 0 bridgehead atoms. The predicted octanol–water partition coefficient (Wildman–Crippen LogP) is 3.24. The van der Waals surface area contributed by atoms with Crippen LogP contribution in [0.5, 0.6) is 0 Å². The monoisotopic (exact) mass is 383 g/mol. The molecule has 5 nitrogen and oxygen atoms in total. The van der Waals surface area contributed by atoms with Crippen molar-refractivity contribution in [3.05, 3.63) is 41.3 Å². The summed E-state index contributed by atoms with van der Waals surface area (Å²) in [7, 11) is 0. The molecular formula is C17H20F3N5S. The van der Waals surface area contributed by atoms with Gasteiger partial charge in [0.05, 0.1) is 0 Å². The number of pyridine rings is 1. The van der Waals surface area contributed by atoms with Gasteiger partial charge in [-0.3, -0.25) is 9.88 Å². The lowest BCUT2D eigenvalue weighted by molar-refractivity contribution is -0.142. The van der Waals surface area contributed by atoms with E-state index in [1.807, 2.05) is 24.1 Å². The third-order valence-corrected chi connectivity index (χ3v) is 4.80. The number of hydrogen-bond acceptors (Lipinski definition) is 6. The summed E-state index contributed by atoms with van der Waals surface area (Å²) >= 11 is 1.49. The number of rotatable bonds is 4. The molecule has 0 amide bonds. The van der Waals surface area contributed by atoms with Crippen molar-refractivity contribution >= 4 is 17.6 Å². The second-order valence-electron chi connectivity index (χ2n) is 6.13. The Morgan fingerprint density at radius 3 is 2.54 bits per heavy atom. The minimum absolute atomic E-state index is 0.219. The van der Waals surface area contributed by atoms with Crippen molar-refractivity contribution in [1.82, 2.24) is 19.9 Å². The molecule has 2 aromatic rings. The van der Waals surface area contributed by atoms with Crippen molar-refractivity contribution < 1.29 is 13.2 Å². The fraction of sp³-hybridized carbons (Fsp3) is 0.471. The summed E-state index contributed by atoms with van der Waals surface area (Å²) in [6.07, 6.45) is -1.31. The maximum absolute atomic E-state index is 13.1. The van der Waals surface area contributed by atoms with Crippen molar-refractivity contribution in [2.24, 2.45) is 0 Å². The molecule has 1 saturated heterocycles. The van der Waals surface area contributed by atoms with Crippen LogP contribution < -0.4 is 4.90 Å². The van der Waals surface area contributed by atoms with E-state index in [0.29, 0.717) is 26.2 Å². The van der Waals surface area contributed by atoms with Gasteiger partial charge in [-0.15, -0.1) is 0 Å². The molecule has 2 aromatic heterocycles. The summed E-state index contributed by atoms with van der Waals surface area (Å²) in [4.78, 5) is 16.6. The highest BCUT2D eigenvalue weighted by Gasteiger charge is 2.35. The fourth-order valence-corrected chi connectivity index (χ4v) is 3.40. The van der Waals surface area contributed by atoms with Crippen molar-refractivity contribution in [3.8, 4) is 0 Å². The van der Waals surface area contributed by atoms with Crippen molar-refractivity contribution in [1.29, 1.82) is 0 Å². The van der Waals surface area contributed by atoms with Gasteiger partial charge in [0.15, 0.2) is 5.16 Å². The molecule has 3 heterocycles. The summed E-state index contributed by atoms with van der Waals surface area (Å²) in [6, 6.07) is 4.99. The van der Waals surface area contributed by atoms with E-state index in [1.54, 1.807) is 6.07 Å². The lowest BCUT2D eigenvalue weighted by atomic mass is 10.1. The molecule has 26 heavy (non-hydrogen) atoms. The van der Waals surface area contributed by atoms with E-state index in [9.17, 15) is 13.2 Å². The highest BCUT2D eigenvalue weighted by Crippen LogP contribution is 2.30. The van der Waals surface area contributed by atoms with Crippen LogP contribution in [0.3, 0.4) is 0 Å². The van der Waals surface area contributed by atoms with Crippen molar-refractivity contribution in [3.63, 3.8) is 0 Å². The van der Waals surface area contributed by atoms with E-state index in [2.05, 4.69) is 19.9 Å². The van der Waals surface area contributed by atoms with E-state index in [1.165, 1.54) is 24.0 Å². The van der Waals surface area contributed by atoms with Gasteiger partial charge in [0.25, 0.3) is 0 Å². The summed E-state index contributed by atoms with van der Waals surface area (Å²) in [5.74, 6) is 0.874. The van der Waals surface area contributed by atoms with Crippen LogP contribution >= 0.6 is 11.8 Å². The van der Waals surface area contributed by atoms with Gasteiger partial charge in [-0.05, 0) is 24.8 Å². The average Bonchev–Trinajstić information content (AvgIpc) is 2.61. The minimum atomic E-state index is -4.43. The summed E-state index contributed by atoms with van der Waals surface area (Å²) in [5, 5.41) is 0.729. The van der Waals surface area contributed by atoms with Gasteiger partial charge < -0.3 is 4.90 Å². The number of piperazine rings is 1. The molecule has 0 aliphatic carbocycles. The molecule has 1 fully saturated rings. The molecular weight excluding hydrogens is 363 g/mol. The van der Waals surface area contributed by atoms with E-state index in [0.717, 1.165) is 16.7 Å². The largest absolute Gasteiger partial charge is 0.433 e. The number of halogens is 3. The standard InChI is InChI=1S/C17H20F3N5S/c1-12-10-14(23-16(22-12)26-2)25-8-6-24(7-9-25)11-13-4-3-5-21-15(13)17(18,19)20/h3-5,10H,6-9,11H2,1-2H3. The lowest BCUT2D eigenvalue weighted by Gasteiger charge is -2.35. The minimum Gasteiger partial charge on any atom is -0.354 e. The number of aromatic nitrogens is 3. The Labute approximate surface area is 154 Å². The lowest BCUT2D eigenvalue weighted by Crippen LogP contribution is -2.46. The number of alkyl halides is 3. The van der Waals surface area contributed by atoms with Gasteiger partial charge in [-0.2, -0.15) is 13.2 Å². The molecule has 140 valence electrons. The first-order chi connectivity index (χ1) is 12.4. The van der Waals surface area contributed by atoms with E-state index < -0.39 is 11.9 Å². The summed E-state index contributed by atoms with van der Waals surface area (Å²) < 4.78 is 39.3. The van der Waals surface area contributed by atoms with Crippen LogP contribution in [0.1, 0.15) is 17.0 Å². The second-order valence-corrected chi connectivity index (χ2v) is 6.90. The van der Waals surface area contributed by atoms with Crippen LogP contribution in [0.25, 0.3) is 0 Å². The number of anilines is 1. The molecule has 9 heteroatoms. The van der Waals surface area contributed by atoms with E-state index in [4.69, 9.17) is 0 Å². The Balaban J connectivity index is 1.66. The molecule has 0 N–H and O–H groups in total. The Kier molecular flexibility index (Phi) is 5.67. The Bertz CT molecular complexity index is 760. The SMILES string of the molecule is CSc1nc(C)cc(N2CCN(Cc3cccnc3C(F)(F)F)CC2)n1. The Hall–Kier alpha value is -1.87. The molecule has 3 rings (SSSR count). The first kappa shape index (κ1) is 18.9. The zero-order valence-corrected chi connectivity index (χ0v) is 15.4. The molecule has 0 radical (unpaired) electrons. The smallest absolute Gasteiger partial charge is 0.354 e. The van der Waals surface area contributed by atoms with Crippen LogP contribution in [-0.2, 0) is 12.7 Å². The van der Waals surface area contributed by atoms with Gasteiger partial charge >= 0.3 is 6.18 Å². The second kappa shape index (κ2) is 7.79. The number of hydrogen-bond donors (Lipinski definition) is 0. The fourth-order valence-electron chi connectivity index (χ4n) is 2.98. The first-order valence-corrected chi connectivity index (χ1v) is 9.47. The van der Waals surface area contributed by atoms with Crippen molar-refractivity contribution in [2.45, 2.75) is 24.8 Å². The third-order valence-electron chi connectivity index (χ3n) is 4.25. The topological polar surface area (TPSA) is 45.2 Å². The molecule has 1 aliphatic rings. The zero-order chi connectivity index (χ0) is 18.7. The predicted molar refractivity (Wildman–Crippen MR) is 95.3 cm³/mol. The average molecular weight is 383 g/mol. The van der Waals surface area contributed by atoms with Gasteiger partial charge in [-0.1, -0.05) is 17.8 Å². The number of thioether (sulfide) groups is 1. The Morgan fingerprint density at radius 2 is 1.88 bits per heavy atom. The maximum atomic E-state index is 13.1. The van der Waals surface area contributed by atoms with Crippen LogP contribution in [0, 0.1) is 6.92 Å². The number of nitrogens with zero attached hydrogens (tertiary/aromatic N) is 5. The van der Waals surface area contributed by atoms with Gasteiger partial charge in [0.2, 0.25) is 0 Å². The van der Waals surface area contributed by atoms with Crippen molar-refractivity contribution in [2.75, 3.05) is 37.3 Å². The van der Waals surface area contributed by atoms with Gasteiger partial charge in [-0.25, -0.2) is 9.97 Å². The maximum Gasteiger partial charge on any atom is 0.433 e. The summed E-state index contributed by atoms with van der Waals surface area (Å²) in [5.41, 5.74) is 0.335. The van der Waals surface area contributed by atoms with Crippen LogP contribution in [0.4, 0.5) is 19.0 Å². The first-order valence-electron chi connectivity index (χ1n) is 8.25.